The van der Waals surface area contributed by atoms with E-state index in [1.807, 2.05) is 18.2 Å². The van der Waals surface area contributed by atoms with Crippen molar-refractivity contribution in [1.29, 1.82) is 0 Å². The Morgan fingerprint density at radius 1 is 0.523 bits per heavy atom. The average Bonchev–Trinajstić information content (AvgIpc) is 3.37. The summed E-state index contributed by atoms with van der Waals surface area (Å²) in [7, 11) is 0. The fourth-order valence-electron chi connectivity index (χ4n) is 9.84. The summed E-state index contributed by atoms with van der Waals surface area (Å²) in [6.07, 6.45) is 8.92. The van der Waals surface area contributed by atoms with Crippen LogP contribution in [-0.4, -0.2) is 19.9 Å². The molecule has 0 aliphatic heterocycles. The van der Waals surface area contributed by atoms with E-state index in [9.17, 15) is 0 Å². The summed E-state index contributed by atoms with van der Waals surface area (Å²) in [4.78, 5) is 20.7. The Bertz CT molecular complexity index is 2070. The molecule has 6 aromatic rings. The number of hydrogen-bond acceptors (Lipinski definition) is 4. The molecule has 2 aromatic heterocycles. The van der Waals surface area contributed by atoms with Crippen LogP contribution in [0.25, 0.3) is 56.1 Å². The van der Waals surface area contributed by atoms with Gasteiger partial charge in [0.05, 0.1) is 5.69 Å². The van der Waals surface area contributed by atoms with Crippen LogP contribution in [0.5, 0.6) is 0 Å². The molecule has 4 heteroatoms. The smallest absolute Gasteiger partial charge is 0.165 e. The quantitative estimate of drug-likeness (QED) is 0.214. The minimum absolute atomic E-state index is 0.0558. The zero-order valence-corrected chi connectivity index (χ0v) is 24.5. The van der Waals surface area contributed by atoms with Gasteiger partial charge in [0.15, 0.2) is 17.5 Å². The first-order chi connectivity index (χ1) is 21.8. The van der Waals surface area contributed by atoms with Gasteiger partial charge in [-0.15, -0.1) is 0 Å². The molecular formula is C40H32N4. The molecular weight excluding hydrogens is 536 g/mol. The highest BCUT2D eigenvalue weighted by atomic mass is 15.0. The molecule has 4 bridgehead atoms. The van der Waals surface area contributed by atoms with Crippen molar-refractivity contribution in [2.24, 2.45) is 23.7 Å². The topological polar surface area (TPSA) is 51.6 Å². The largest absolute Gasteiger partial charge is 0.259 e. The minimum Gasteiger partial charge on any atom is -0.259 e. The molecule has 0 N–H and O–H groups in total. The second kappa shape index (κ2) is 9.15. The lowest BCUT2D eigenvalue weighted by Crippen LogP contribution is -2.55. The van der Waals surface area contributed by atoms with E-state index in [1.165, 1.54) is 59.9 Å². The van der Waals surface area contributed by atoms with Crippen LogP contribution in [0.2, 0.25) is 0 Å². The molecule has 0 radical (unpaired) electrons. The fraction of sp³-hybridized carbons (Fsp3) is 0.250. The number of pyridine rings is 1. The molecule has 4 aromatic carbocycles. The van der Waals surface area contributed by atoms with Crippen LogP contribution >= 0.6 is 0 Å². The Morgan fingerprint density at radius 3 is 1.98 bits per heavy atom. The number of aromatic nitrogens is 4. The van der Waals surface area contributed by atoms with Crippen LogP contribution in [0.15, 0.2) is 109 Å². The number of rotatable bonds is 3. The first kappa shape index (κ1) is 24.7. The summed E-state index contributed by atoms with van der Waals surface area (Å²) < 4.78 is 0. The molecule has 0 unspecified atom stereocenters. The van der Waals surface area contributed by atoms with Gasteiger partial charge in [-0.05, 0) is 83.7 Å². The molecule has 4 saturated carbocycles. The Balaban J connectivity index is 1.18. The number of benzene rings is 4. The summed E-state index contributed by atoms with van der Waals surface area (Å²) in [6.45, 7) is 0. The average molecular weight is 569 g/mol. The molecule has 4 nitrogen and oxygen atoms in total. The van der Waals surface area contributed by atoms with Crippen molar-refractivity contribution in [2.45, 2.75) is 37.5 Å². The predicted molar refractivity (Wildman–Crippen MR) is 175 cm³/mol. The standard InChI is InChI=1S/C40H32N4/c1-2-10-27(11-3-1)37-42-38(44-39(43-37)33-15-8-12-26-9-4-5-13-31(26)33)28-22-34-32-14-6-7-16-35(32)40(36(34)41-23-28)29-18-24-17-25(20-29)21-30(40)19-24/h1-16,22-25,29-30H,17-21H2. The summed E-state index contributed by atoms with van der Waals surface area (Å²) in [5.74, 6) is 5.24. The number of nitrogens with zero attached hydrogens (tertiary/aromatic N) is 4. The van der Waals surface area contributed by atoms with Gasteiger partial charge in [0.2, 0.25) is 0 Å². The highest BCUT2D eigenvalue weighted by molar-refractivity contribution is 5.95. The van der Waals surface area contributed by atoms with Gasteiger partial charge >= 0.3 is 0 Å². The Morgan fingerprint density at radius 2 is 1.16 bits per heavy atom. The highest BCUT2D eigenvalue weighted by Crippen LogP contribution is 2.69. The lowest BCUT2D eigenvalue weighted by molar-refractivity contribution is -0.0415. The van der Waals surface area contributed by atoms with E-state index in [0.29, 0.717) is 29.3 Å². The molecule has 212 valence electrons. The first-order valence-electron chi connectivity index (χ1n) is 16.2. The molecule has 11 rings (SSSR count). The van der Waals surface area contributed by atoms with Gasteiger partial charge in [0, 0.05) is 33.9 Å². The Labute approximate surface area is 257 Å². The van der Waals surface area contributed by atoms with Crippen LogP contribution in [0.4, 0.5) is 0 Å². The summed E-state index contributed by atoms with van der Waals surface area (Å²) in [6, 6.07) is 36.5. The maximum atomic E-state index is 5.40. The van der Waals surface area contributed by atoms with Crippen LogP contribution in [0.3, 0.4) is 0 Å². The van der Waals surface area contributed by atoms with Crippen LogP contribution in [0.1, 0.15) is 43.4 Å². The lowest BCUT2D eigenvalue weighted by Gasteiger charge is -2.60. The first-order valence-corrected chi connectivity index (χ1v) is 16.2. The van der Waals surface area contributed by atoms with Crippen molar-refractivity contribution < 1.29 is 0 Å². The van der Waals surface area contributed by atoms with E-state index in [1.54, 1.807) is 0 Å². The van der Waals surface area contributed by atoms with Gasteiger partial charge in [-0.2, -0.15) is 0 Å². The molecule has 2 heterocycles. The maximum Gasteiger partial charge on any atom is 0.165 e. The van der Waals surface area contributed by atoms with Crippen molar-refractivity contribution in [2.75, 3.05) is 0 Å². The third-order valence-corrected chi connectivity index (χ3v) is 11.3. The third-order valence-electron chi connectivity index (χ3n) is 11.3. The zero-order valence-electron chi connectivity index (χ0n) is 24.5. The predicted octanol–water partition coefficient (Wildman–Crippen LogP) is 9.14. The van der Waals surface area contributed by atoms with E-state index >= 15 is 0 Å². The van der Waals surface area contributed by atoms with Gasteiger partial charge < -0.3 is 0 Å². The molecule has 5 aliphatic rings. The summed E-state index contributed by atoms with van der Waals surface area (Å²) in [5.41, 5.74) is 8.45. The Hall–Kier alpha value is -4.70. The molecule has 5 aliphatic carbocycles. The van der Waals surface area contributed by atoms with Crippen molar-refractivity contribution in [3.05, 3.63) is 121 Å². The monoisotopic (exact) mass is 568 g/mol. The highest BCUT2D eigenvalue weighted by Gasteiger charge is 2.62. The van der Waals surface area contributed by atoms with Crippen LogP contribution in [0, 0.1) is 23.7 Å². The van der Waals surface area contributed by atoms with E-state index in [0.717, 1.165) is 33.9 Å². The van der Waals surface area contributed by atoms with Crippen LogP contribution < -0.4 is 0 Å². The van der Waals surface area contributed by atoms with E-state index in [2.05, 4.69) is 91.1 Å². The normalized spacial score (nSPS) is 25.8. The van der Waals surface area contributed by atoms with E-state index in [-0.39, 0.29) is 5.41 Å². The van der Waals surface area contributed by atoms with Crippen LogP contribution in [-0.2, 0) is 5.41 Å². The lowest BCUT2D eigenvalue weighted by atomic mass is 9.43. The SMILES string of the molecule is c1ccc(-c2nc(-c3cnc4c(c3)-c3ccccc3C43C4CC5CC(C4)CC3C5)nc(-c3cccc4ccccc34)n2)cc1. The second-order valence-electron chi connectivity index (χ2n) is 13.5. The Kier molecular flexibility index (Phi) is 5.14. The van der Waals surface area contributed by atoms with Gasteiger partial charge in [-0.3, -0.25) is 4.98 Å². The molecule has 0 amide bonds. The fourth-order valence-corrected chi connectivity index (χ4v) is 9.84. The van der Waals surface area contributed by atoms with E-state index in [4.69, 9.17) is 19.9 Å². The van der Waals surface area contributed by atoms with E-state index < -0.39 is 0 Å². The number of fused-ring (bicyclic) bond motifs is 4. The zero-order chi connectivity index (χ0) is 28.8. The van der Waals surface area contributed by atoms with Gasteiger partial charge in [-0.25, -0.2) is 15.0 Å². The second-order valence-corrected chi connectivity index (χ2v) is 13.5. The molecule has 0 saturated heterocycles. The molecule has 0 atom stereocenters. The molecule has 44 heavy (non-hydrogen) atoms. The van der Waals surface area contributed by atoms with Crippen molar-refractivity contribution in [3.8, 4) is 45.3 Å². The summed E-state index contributed by atoms with van der Waals surface area (Å²) >= 11 is 0. The van der Waals surface area contributed by atoms with Gasteiger partial charge in [0.25, 0.3) is 0 Å². The van der Waals surface area contributed by atoms with Crippen molar-refractivity contribution >= 4 is 10.8 Å². The number of hydrogen-bond donors (Lipinski definition) is 0. The summed E-state index contributed by atoms with van der Waals surface area (Å²) in [5, 5.41) is 2.31. The van der Waals surface area contributed by atoms with Crippen molar-refractivity contribution in [3.63, 3.8) is 0 Å². The van der Waals surface area contributed by atoms with Crippen molar-refractivity contribution in [1.82, 2.24) is 19.9 Å². The van der Waals surface area contributed by atoms with Gasteiger partial charge in [0.1, 0.15) is 0 Å². The molecule has 1 spiro atoms. The maximum absolute atomic E-state index is 5.40. The molecule has 4 fully saturated rings. The third kappa shape index (κ3) is 3.40. The minimum atomic E-state index is 0.0558. The van der Waals surface area contributed by atoms with Gasteiger partial charge in [-0.1, -0.05) is 97.1 Å².